The van der Waals surface area contributed by atoms with Crippen molar-refractivity contribution in [1.82, 2.24) is 9.97 Å². The molecule has 0 saturated carbocycles. The maximum absolute atomic E-state index is 5.25. The fourth-order valence-electron chi connectivity index (χ4n) is 5.31. The van der Waals surface area contributed by atoms with Gasteiger partial charge in [0, 0.05) is 16.5 Å². The SMILES string of the molecule is CCCC1(CCC)c2ccc(-c3[c-]c(-c4ccccn4)ccc3)nc2-c2c([Se])cccc21.[Ni]. The van der Waals surface area contributed by atoms with E-state index in [0.29, 0.717) is 0 Å². The zero-order valence-corrected chi connectivity index (χ0v) is 21.6. The standard InChI is InChI=1S/C29H26N2Se.Ni/c1-3-16-29(17-4-2)22-11-8-13-26(32)27(22)28-23(29)14-15-25(31-28)21-10-7-9-20(19-21)24-12-5-6-18-30-24;/h5-15,18H,3-4,16-17H2,1-2H3;/q-1;. The average molecular weight is 540 g/mol. The maximum atomic E-state index is 5.25. The van der Waals surface area contributed by atoms with E-state index < -0.39 is 0 Å². The molecule has 0 amide bonds. The molecule has 2 nitrogen and oxygen atoms in total. The first-order valence-electron chi connectivity index (χ1n) is 11.4. The summed E-state index contributed by atoms with van der Waals surface area (Å²) in [5.41, 5.74) is 9.15. The van der Waals surface area contributed by atoms with E-state index in [1.54, 1.807) is 0 Å². The van der Waals surface area contributed by atoms with Gasteiger partial charge in [-0.05, 0) is 0 Å². The molecule has 0 N–H and O–H groups in total. The van der Waals surface area contributed by atoms with Gasteiger partial charge >= 0.3 is 199 Å². The van der Waals surface area contributed by atoms with Crippen molar-refractivity contribution in [3.8, 4) is 33.8 Å². The zero-order chi connectivity index (χ0) is 22.1. The van der Waals surface area contributed by atoms with Crippen molar-refractivity contribution in [2.75, 3.05) is 0 Å². The minimum absolute atomic E-state index is 0. The summed E-state index contributed by atoms with van der Waals surface area (Å²) in [5.74, 6) is 0. The molecule has 0 atom stereocenters. The van der Waals surface area contributed by atoms with Gasteiger partial charge in [-0.15, -0.1) is 0 Å². The van der Waals surface area contributed by atoms with Gasteiger partial charge in [0.25, 0.3) is 0 Å². The van der Waals surface area contributed by atoms with Crippen LogP contribution in [0.2, 0.25) is 0 Å². The molecular weight excluding hydrogens is 514 g/mol. The van der Waals surface area contributed by atoms with E-state index in [-0.39, 0.29) is 21.9 Å². The number of aromatic nitrogens is 2. The van der Waals surface area contributed by atoms with Crippen LogP contribution in [0, 0.1) is 6.07 Å². The molecule has 0 fully saturated rings. The fraction of sp³-hybridized carbons (Fsp3) is 0.241. The van der Waals surface area contributed by atoms with Crippen LogP contribution in [0.25, 0.3) is 33.8 Å². The number of pyridine rings is 2. The van der Waals surface area contributed by atoms with E-state index in [0.717, 1.165) is 53.9 Å². The molecule has 0 saturated heterocycles. The summed E-state index contributed by atoms with van der Waals surface area (Å²) in [4.78, 5) is 9.74. The minimum Gasteiger partial charge on any atom is 0 e. The van der Waals surface area contributed by atoms with Gasteiger partial charge in [-0.1, -0.05) is 0 Å². The molecule has 0 aliphatic heterocycles. The second-order valence-electron chi connectivity index (χ2n) is 8.55. The van der Waals surface area contributed by atoms with Gasteiger partial charge in [-0.25, -0.2) is 0 Å². The predicted molar refractivity (Wildman–Crippen MR) is 133 cm³/mol. The zero-order valence-electron chi connectivity index (χ0n) is 18.9. The summed E-state index contributed by atoms with van der Waals surface area (Å²) in [5, 5.41) is 0. The third-order valence-corrected chi connectivity index (χ3v) is 7.27. The normalized spacial score (nSPS) is 13.2. The molecule has 2 aromatic carbocycles. The van der Waals surface area contributed by atoms with E-state index in [4.69, 9.17) is 4.98 Å². The Bertz CT molecular complexity index is 1260. The van der Waals surface area contributed by atoms with Crippen molar-refractivity contribution in [1.29, 1.82) is 0 Å². The van der Waals surface area contributed by atoms with Crippen LogP contribution in [-0.2, 0) is 21.9 Å². The molecule has 169 valence electrons. The van der Waals surface area contributed by atoms with Crippen LogP contribution < -0.4 is 4.46 Å². The summed E-state index contributed by atoms with van der Waals surface area (Å²) in [6.45, 7) is 4.58. The summed E-state index contributed by atoms with van der Waals surface area (Å²) in [6, 6.07) is 26.9. The van der Waals surface area contributed by atoms with Gasteiger partial charge in [-0.2, -0.15) is 0 Å². The summed E-state index contributed by atoms with van der Waals surface area (Å²) in [6.07, 6.45) is 6.41. The van der Waals surface area contributed by atoms with Gasteiger partial charge in [0.15, 0.2) is 0 Å². The number of nitrogens with zero attached hydrogens (tertiary/aromatic N) is 2. The van der Waals surface area contributed by atoms with Gasteiger partial charge in [0.2, 0.25) is 0 Å². The quantitative estimate of drug-likeness (QED) is 0.213. The Hall–Kier alpha value is -2.25. The van der Waals surface area contributed by atoms with E-state index in [9.17, 15) is 0 Å². The Morgan fingerprint density at radius 3 is 2.21 bits per heavy atom. The molecule has 0 bridgehead atoms. The Kier molecular flexibility index (Phi) is 7.20. The van der Waals surface area contributed by atoms with E-state index in [2.05, 4.69) is 89.4 Å². The van der Waals surface area contributed by atoms with Gasteiger partial charge in [0.1, 0.15) is 0 Å². The van der Waals surface area contributed by atoms with Gasteiger partial charge in [0.05, 0.1) is 0 Å². The van der Waals surface area contributed by atoms with Crippen molar-refractivity contribution in [2.45, 2.75) is 44.9 Å². The Morgan fingerprint density at radius 1 is 0.788 bits per heavy atom. The topological polar surface area (TPSA) is 25.8 Å². The molecule has 1 radical (unpaired) electrons. The van der Waals surface area contributed by atoms with Crippen LogP contribution in [0.3, 0.4) is 0 Å². The third-order valence-electron chi connectivity index (χ3n) is 6.55. The molecule has 2 heterocycles. The van der Waals surface area contributed by atoms with Crippen LogP contribution in [0.4, 0.5) is 0 Å². The summed E-state index contributed by atoms with van der Waals surface area (Å²) >= 11 is 3.30. The molecule has 1 aliphatic rings. The van der Waals surface area contributed by atoms with Crippen molar-refractivity contribution >= 4 is 20.5 Å². The van der Waals surface area contributed by atoms with E-state index >= 15 is 0 Å². The smallest absolute Gasteiger partial charge is 0 e. The molecule has 4 aromatic rings. The predicted octanol–water partition coefficient (Wildman–Crippen LogP) is 6.27. The van der Waals surface area contributed by atoms with Crippen molar-refractivity contribution in [2.24, 2.45) is 0 Å². The Morgan fingerprint density at radius 2 is 1.52 bits per heavy atom. The molecular formula is C29H26N2NiSe-. The summed E-state index contributed by atoms with van der Waals surface area (Å²) in [7, 11) is 0. The average Bonchev–Trinajstić information content (AvgIpc) is 3.10. The first kappa shape index (κ1) is 23.9. The molecule has 33 heavy (non-hydrogen) atoms. The molecule has 0 spiro atoms. The fourth-order valence-corrected chi connectivity index (χ4v) is 5.91. The first-order valence-corrected chi connectivity index (χ1v) is 12.3. The molecule has 5 rings (SSSR count). The number of hydrogen-bond donors (Lipinski definition) is 0. The van der Waals surface area contributed by atoms with E-state index in [1.165, 1.54) is 21.2 Å². The van der Waals surface area contributed by atoms with Crippen molar-refractivity contribution in [3.05, 3.63) is 90.1 Å². The Balaban J connectivity index is 0.00000259. The summed E-state index contributed by atoms with van der Waals surface area (Å²) < 4.78 is 1.19. The van der Waals surface area contributed by atoms with Crippen LogP contribution >= 0.6 is 0 Å². The van der Waals surface area contributed by atoms with Crippen LogP contribution in [0.1, 0.15) is 50.7 Å². The van der Waals surface area contributed by atoms with Crippen LogP contribution in [0.5, 0.6) is 0 Å². The molecule has 2 aromatic heterocycles. The largest absolute Gasteiger partial charge is 0 e. The number of benzene rings is 2. The monoisotopic (exact) mass is 540 g/mol. The number of hydrogen-bond acceptors (Lipinski definition) is 2. The Labute approximate surface area is 215 Å². The van der Waals surface area contributed by atoms with Crippen LogP contribution in [0.15, 0.2) is 72.9 Å². The number of fused-ring (bicyclic) bond motifs is 3. The first-order chi connectivity index (χ1) is 15.7. The number of rotatable bonds is 6. The van der Waals surface area contributed by atoms with Crippen LogP contribution in [-0.4, -0.2) is 26.0 Å². The van der Waals surface area contributed by atoms with Crippen molar-refractivity contribution < 1.29 is 16.5 Å². The van der Waals surface area contributed by atoms with Crippen molar-refractivity contribution in [3.63, 3.8) is 0 Å². The third kappa shape index (κ3) is 4.10. The second-order valence-corrected chi connectivity index (χ2v) is 9.47. The maximum Gasteiger partial charge on any atom is 0 e. The molecule has 0 unspecified atom stereocenters. The minimum atomic E-state index is 0. The molecule has 4 heteroatoms. The van der Waals surface area contributed by atoms with Gasteiger partial charge in [-0.3, -0.25) is 0 Å². The molecule has 1 aliphatic carbocycles. The van der Waals surface area contributed by atoms with Gasteiger partial charge < -0.3 is 0 Å². The van der Waals surface area contributed by atoms with E-state index in [1.807, 2.05) is 24.4 Å². The second kappa shape index (κ2) is 9.94.